The highest BCUT2D eigenvalue weighted by atomic mass is 35.5. The first-order valence-corrected chi connectivity index (χ1v) is 11.8. The number of amides is 2. The Morgan fingerprint density at radius 3 is 2.77 bits per heavy atom. The maximum absolute atomic E-state index is 13.4. The monoisotopic (exact) mass is 494 g/mol. The number of aromatic nitrogens is 2. The van der Waals surface area contributed by atoms with Crippen molar-refractivity contribution in [1.82, 2.24) is 19.9 Å². The molecule has 9 heteroatoms. The van der Waals surface area contributed by atoms with E-state index in [2.05, 4.69) is 16.7 Å². The second-order valence-electron chi connectivity index (χ2n) is 8.27. The van der Waals surface area contributed by atoms with Gasteiger partial charge in [0, 0.05) is 29.2 Å². The summed E-state index contributed by atoms with van der Waals surface area (Å²) >= 11 is 6.09. The minimum atomic E-state index is -0.349. The van der Waals surface area contributed by atoms with Gasteiger partial charge in [0.1, 0.15) is 18.3 Å². The number of piperidine rings is 1. The van der Waals surface area contributed by atoms with Gasteiger partial charge in [0.15, 0.2) is 0 Å². The number of rotatable bonds is 8. The average Bonchev–Trinajstić information content (AvgIpc) is 3.38. The molecule has 1 saturated heterocycles. The molecule has 2 heterocycles. The molecular formula is C26H27ClN4O4. The Labute approximate surface area is 209 Å². The van der Waals surface area contributed by atoms with Crippen molar-refractivity contribution in [2.45, 2.75) is 25.3 Å². The highest BCUT2D eigenvalue weighted by Crippen LogP contribution is 2.31. The lowest BCUT2D eigenvalue weighted by Crippen LogP contribution is -2.46. The van der Waals surface area contributed by atoms with Gasteiger partial charge in [0.25, 0.3) is 5.91 Å². The van der Waals surface area contributed by atoms with Crippen LogP contribution in [0.5, 0.6) is 5.75 Å². The molecule has 0 bridgehead atoms. The Hall–Kier alpha value is -3.65. The standard InChI is InChI=1S/C26H27ClN4O4/c1-3-14-30(26(33)18-10-12-21(34-2)13-11-18)17-23(32)31-15-5-4-9-22(31)25-28-24(29-35-25)19-7-6-8-20(27)16-19/h3,6-8,10-13,16,22H,1,4-5,9,14-15,17H2,2H3. The van der Waals surface area contributed by atoms with Gasteiger partial charge in [0.05, 0.1) is 7.11 Å². The average molecular weight is 495 g/mol. The van der Waals surface area contributed by atoms with Gasteiger partial charge >= 0.3 is 0 Å². The van der Waals surface area contributed by atoms with E-state index in [9.17, 15) is 9.59 Å². The molecule has 2 aromatic carbocycles. The van der Waals surface area contributed by atoms with Gasteiger partial charge in [-0.15, -0.1) is 6.58 Å². The minimum Gasteiger partial charge on any atom is -0.497 e. The number of benzene rings is 2. The highest BCUT2D eigenvalue weighted by molar-refractivity contribution is 6.30. The number of ether oxygens (including phenoxy) is 1. The molecule has 4 rings (SSSR count). The van der Waals surface area contributed by atoms with Crippen LogP contribution in [0, 0.1) is 0 Å². The fourth-order valence-electron chi connectivity index (χ4n) is 4.15. The number of carbonyl (C=O) groups is 2. The van der Waals surface area contributed by atoms with Crippen molar-refractivity contribution in [3.63, 3.8) is 0 Å². The third-order valence-corrected chi connectivity index (χ3v) is 6.17. The van der Waals surface area contributed by atoms with E-state index in [1.54, 1.807) is 54.5 Å². The third-order valence-electron chi connectivity index (χ3n) is 5.93. The number of halogens is 1. The van der Waals surface area contributed by atoms with Crippen molar-refractivity contribution in [3.05, 3.63) is 77.7 Å². The number of likely N-dealkylation sites (tertiary alicyclic amines) is 1. The summed E-state index contributed by atoms with van der Waals surface area (Å²) in [5, 5.41) is 4.67. The van der Waals surface area contributed by atoms with Gasteiger partial charge in [-0.3, -0.25) is 9.59 Å². The lowest BCUT2D eigenvalue weighted by atomic mass is 10.0. The zero-order chi connectivity index (χ0) is 24.8. The fraction of sp³-hybridized carbons (Fsp3) is 0.308. The van der Waals surface area contributed by atoms with Gasteiger partial charge in [-0.25, -0.2) is 0 Å². The molecule has 182 valence electrons. The number of hydrogen-bond donors (Lipinski definition) is 0. The SMILES string of the molecule is C=CCN(CC(=O)N1CCCCC1c1nc(-c2cccc(Cl)c2)no1)C(=O)c1ccc(OC)cc1. The van der Waals surface area contributed by atoms with Crippen LogP contribution in [-0.4, -0.2) is 58.5 Å². The number of carbonyl (C=O) groups excluding carboxylic acids is 2. The Bertz CT molecular complexity index is 1190. The van der Waals surface area contributed by atoms with E-state index in [1.165, 1.54) is 4.90 Å². The first-order valence-electron chi connectivity index (χ1n) is 11.4. The van der Waals surface area contributed by atoms with E-state index in [1.807, 2.05) is 12.1 Å². The molecule has 1 fully saturated rings. The normalized spacial score (nSPS) is 15.5. The van der Waals surface area contributed by atoms with Gasteiger partial charge in [-0.1, -0.05) is 35.0 Å². The van der Waals surface area contributed by atoms with Crippen LogP contribution >= 0.6 is 11.6 Å². The third kappa shape index (κ3) is 5.71. The van der Waals surface area contributed by atoms with Crippen molar-refractivity contribution in [2.24, 2.45) is 0 Å². The molecule has 0 N–H and O–H groups in total. The Morgan fingerprint density at radius 1 is 1.26 bits per heavy atom. The highest BCUT2D eigenvalue weighted by Gasteiger charge is 2.33. The van der Waals surface area contributed by atoms with Crippen molar-refractivity contribution in [2.75, 3.05) is 26.7 Å². The Kier molecular flexibility index (Phi) is 7.82. The molecule has 0 radical (unpaired) electrons. The van der Waals surface area contributed by atoms with E-state index in [0.717, 1.165) is 18.4 Å². The van der Waals surface area contributed by atoms with E-state index in [-0.39, 0.29) is 30.9 Å². The quantitative estimate of drug-likeness (QED) is 0.419. The van der Waals surface area contributed by atoms with Crippen molar-refractivity contribution in [1.29, 1.82) is 0 Å². The predicted molar refractivity (Wildman–Crippen MR) is 132 cm³/mol. The first kappa shape index (κ1) is 24.5. The van der Waals surface area contributed by atoms with Crippen molar-refractivity contribution in [3.8, 4) is 17.1 Å². The zero-order valence-corrected chi connectivity index (χ0v) is 20.3. The predicted octanol–water partition coefficient (Wildman–Crippen LogP) is 4.78. The molecule has 0 spiro atoms. The van der Waals surface area contributed by atoms with Crippen LogP contribution in [0.25, 0.3) is 11.4 Å². The van der Waals surface area contributed by atoms with E-state index in [0.29, 0.717) is 41.0 Å². The second kappa shape index (κ2) is 11.2. The molecule has 1 aromatic heterocycles. The van der Waals surface area contributed by atoms with Crippen molar-refractivity contribution >= 4 is 23.4 Å². The van der Waals surface area contributed by atoms with E-state index >= 15 is 0 Å². The lowest BCUT2D eigenvalue weighted by Gasteiger charge is -2.35. The van der Waals surface area contributed by atoms with Crippen LogP contribution in [0.15, 0.2) is 65.7 Å². The van der Waals surface area contributed by atoms with Crippen LogP contribution in [0.4, 0.5) is 0 Å². The zero-order valence-electron chi connectivity index (χ0n) is 19.5. The van der Waals surface area contributed by atoms with E-state index < -0.39 is 0 Å². The number of nitrogens with zero attached hydrogens (tertiary/aromatic N) is 4. The Morgan fingerprint density at radius 2 is 2.06 bits per heavy atom. The summed E-state index contributed by atoms with van der Waals surface area (Å²) < 4.78 is 10.7. The summed E-state index contributed by atoms with van der Waals surface area (Å²) in [6.45, 7) is 4.46. The van der Waals surface area contributed by atoms with Crippen LogP contribution in [0.2, 0.25) is 5.02 Å². The van der Waals surface area contributed by atoms with Gasteiger partial charge in [-0.05, 0) is 55.7 Å². The van der Waals surface area contributed by atoms with Gasteiger partial charge in [-0.2, -0.15) is 4.98 Å². The molecule has 3 aromatic rings. The topological polar surface area (TPSA) is 88.8 Å². The molecular weight excluding hydrogens is 468 g/mol. The maximum Gasteiger partial charge on any atom is 0.254 e. The summed E-state index contributed by atoms with van der Waals surface area (Å²) in [5.41, 5.74) is 1.21. The van der Waals surface area contributed by atoms with Gasteiger partial charge in [0.2, 0.25) is 17.6 Å². The molecule has 1 aliphatic rings. The molecule has 1 aliphatic heterocycles. The largest absolute Gasteiger partial charge is 0.497 e. The summed E-state index contributed by atoms with van der Waals surface area (Å²) in [7, 11) is 1.57. The van der Waals surface area contributed by atoms with Gasteiger partial charge < -0.3 is 19.1 Å². The van der Waals surface area contributed by atoms with E-state index in [4.69, 9.17) is 20.9 Å². The first-order chi connectivity index (χ1) is 17.0. The summed E-state index contributed by atoms with van der Waals surface area (Å²) in [5.74, 6) is 1.02. The minimum absolute atomic E-state index is 0.0807. The van der Waals surface area contributed by atoms with Crippen LogP contribution in [-0.2, 0) is 4.79 Å². The molecule has 0 saturated carbocycles. The maximum atomic E-state index is 13.4. The van der Waals surface area contributed by atoms with Crippen LogP contribution < -0.4 is 4.74 Å². The summed E-state index contributed by atoms with van der Waals surface area (Å²) in [6, 6.07) is 13.7. The molecule has 1 unspecified atom stereocenters. The van der Waals surface area contributed by atoms with Crippen molar-refractivity contribution < 1.29 is 18.8 Å². The van der Waals surface area contributed by atoms with Crippen LogP contribution in [0.3, 0.4) is 0 Å². The number of hydrogen-bond acceptors (Lipinski definition) is 6. The molecule has 0 aliphatic carbocycles. The summed E-state index contributed by atoms with van der Waals surface area (Å²) in [4.78, 5) is 34.3. The Balaban J connectivity index is 1.51. The molecule has 8 nitrogen and oxygen atoms in total. The molecule has 1 atom stereocenters. The number of methoxy groups -OCH3 is 1. The second-order valence-corrected chi connectivity index (χ2v) is 8.70. The lowest BCUT2D eigenvalue weighted by molar-refractivity contribution is -0.136. The summed E-state index contributed by atoms with van der Waals surface area (Å²) in [6.07, 6.45) is 4.12. The fourth-order valence-corrected chi connectivity index (χ4v) is 4.34. The molecule has 35 heavy (non-hydrogen) atoms. The van der Waals surface area contributed by atoms with Crippen LogP contribution in [0.1, 0.15) is 41.6 Å². The molecule has 2 amide bonds. The smallest absolute Gasteiger partial charge is 0.254 e.